The fraction of sp³-hybridized carbons (Fsp3) is 0.400. The van der Waals surface area contributed by atoms with Gasteiger partial charge in [0, 0.05) is 18.6 Å². The highest BCUT2D eigenvalue weighted by Gasteiger charge is 2.01. The maximum Gasteiger partial charge on any atom is 0.167 e. The fourth-order valence-electron chi connectivity index (χ4n) is 0.617. The molecule has 0 aliphatic rings. The Labute approximate surface area is 59.4 Å². The van der Waals surface area contributed by atoms with Crippen molar-refractivity contribution in [2.75, 3.05) is 6.26 Å². The van der Waals surface area contributed by atoms with Gasteiger partial charge in [0.05, 0.1) is 0 Å². The lowest BCUT2D eigenvalue weighted by atomic mass is 10.8. The molecular formula is C5H8N2O2S. The van der Waals surface area contributed by atoms with Gasteiger partial charge in [-0.2, -0.15) is 5.10 Å². The van der Waals surface area contributed by atoms with Crippen molar-refractivity contribution in [3.05, 3.63) is 18.5 Å². The summed E-state index contributed by atoms with van der Waals surface area (Å²) in [4.78, 5) is 0. The Bertz CT molecular complexity index is 287. The Hall–Kier alpha value is -0.840. The molecule has 0 saturated heterocycles. The number of hydrogen-bond acceptors (Lipinski definition) is 3. The highest BCUT2D eigenvalue weighted by Crippen LogP contribution is 1.89. The Balaban J connectivity index is 2.75. The summed E-state index contributed by atoms with van der Waals surface area (Å²) >= 11 is 0. The van der Waals surface area contributed by atoms with Crippen LogP contribution in [0.1, 0.15) is 0 Å². The van der Waals surface area contributed by atoms with Crippen molar-refractivity contribution in [2.24, 2.45) is 0 Å². The predicted molar refractivity (Wildman–Crippen MR) is 37.1 cm³/mol. The highest BCUT2D eigenvalue weighted by molar-refractivity contribution is 7.89. The standard InChI is InChI=1S/C5H8N2O2S/c1-10(8,9)5-7-4-2-3-6-7/h2-4H,5H2,1H3. The molecule has 1 aromatic rings. The van der Waals surface area contributed by atoms with Crippen molar-refractivity contribution < 1.29 is 8.42 Å². The molecule has 0 fully saturated rings. The first-order valence-electron chi connectivity index (χ1n) is 2.73. The summed E-state index contributed by atoms with van der Waals surface area (Å²) in [6.45, 7) is 0. The normalized spacial score (nSPS) is 11.7. The molecule has 0 saturated carbocycles. The van der Waals surface area contributed by atoms with E-state index in [-0.39, 0.29) is 5.88 Å². The third kappa shape index (κ3) is 2.18. The Morgan fingerprint density at radius 2 is 2.30 bits per heavy atom. The molecule has 56 valence electrons. The van der Waals surface area contributed by atoms with E-state index in [0.29, 0.717) is 0 Å². The van der Waals surface area contributed by atoms with E-state index >= 15 is 0 Å². The van der Waals surface area contributed by atoms with Gasteiger partial charge in [0.2, 0.25) is 0 Å². The number of nitrogens with zero attached hydrogens (tertiary/aromatic N) is 2. The number of aromatic nitrogens is 2. The molecule has 1 heterocycles. The van der Waals surface area contributed by atoms with Crippen LogP contribution in [0.2, 0.25) is 0 Å². The molecule has 0 radical (unpaired) electrons. The summed E-state index contributed by atoms with van der Waals surface area (Å²) in [7, 11) is -2.95. The van der Waals surface area contributed by atoms with Gasteiger partial charge in [-0.15, -0.1) is 0 Å². The SMILES string of the molecule is CS(=O)(=O)Cn1cccn1. The van der Waals surface area contributed by atoms with E-state index < -0.39 is 9.84 Å². The van der Waals surface area contributed by atoms with Gasteiger partial charge in [0.25, 0.3) is 0 Å². The van der Waals surface area contributed by atoms with Crippen LogP contribution in [0, 0.1) is 0 Å². The zero-order valence-corrected chi connectivity index (χ0v) is 6.37. The van der Waals surface area contributed by atoms with Gasteiger partial charge in [-0.25, -0.2) is 8.42 Å². The predicted octanol–water partition coefficient (Wildman–Crippen LogP) is -0.115. The second-order valence-electron chi connectivity index (χ2n) is 2.10. The van der Waals surface area contributed by atoms with E-state index in [0.717, 1.165) is 0 Å². The second kappa shape index (κ2) is 2.42. The van der Waals surface area contributed by atoms with Crippen LogP contribution in [0.15, 0.2) is 18.5 Å². The lowest BCUT2D eigenvalue weighted by Crippen LogP contribution is -2.08. The first-order chi connectivity index (χ1) is 4.58. The van der Waals surface area contributed by atoms with E-state index in [2.05, 4.69) is 5.10 Å². The van der Waals surface area contributed by atoms with E-state index in [9.17, 15) is 8.42 Å². The molecule has 0 N–H and O–H groups in total. The van der Waals surface area contributed by atoms with Crippen molar-refractivity contribution in [2.45, 2.75) is 5.88 Å². The lowest BCUT2D eigenvalue weighted by molar-refractivity contribution is 0.581. The zero-order chi connectivity index (χ0) is 7.61. The molecule has 0 aromatic carbocycles. The van der Waals surface area contributed by atoms with E-state index in [4.69, 9.17) is 0 Å². The van der Waals surface area contributed by atoms with Gasteiger partial charge in [-0.3, -0.25) is 4.68 Å². The molecule has 10 heavy (non-hydrogen) atoms. The molecule has 0 spiro atoms. The number of sulfone groups is 1. The van der Waals surface area contributed by atoms with E-state index in [1.54, 1.807) is 18.5 Å². The van der Waals surface area contributed by atoms with Gasteiger partial charge in [-0.1, -0.05) is 0 Å². The average Bonchev–Trinajstić information content (AvgIpc) is 2.12. The molecule has 0 aliphatic heterocycles. The van der Waals surface area contributed by atoms with E-state index in [1.807, 2.05) is 0 Å². The molecule has 0 amide bonds. The summed E-state index contributed by atoms with van der Waals surface area (Å²) in [5.74, 6) is -0.0417. The summed E-state index contributed by atoms with van der Waals surface area (Å²) < 4.78 is 22.6. The Morgan fingerprint density at radius 3 is 2.70 bits per heavy atom. The molecule has 0 aliphatic carbocycles. The molecule has 1 rings (SSSR count). The van der Waals surface area contributed by atoms with Gasteiger partial charge >= 0.3 is 0 Å². The summed E-state index contributed by atoms with van der Waals surface area (Å²) in [6.07, 6.45) is 4.33. The van der Waals surface area contributed by atoms with Crippen LogP contribution in [-0.2, 0) is 15.7 Å². The maximum absolute atomic E-state index is 10.6. The second-order valence-corrected chi connectivity index (χ2v) is 4.21. The van der Waals surface area contributed by atoms with Crippen LogP contribution in [0.3, 0.4) is 0 Å². The first kappa shape index (κ1) is 7.27. The molecule has 1 aromatic heterocycles. The minimum absolute atomic E-state index is 0.0417. The van der Waals surface area contributed by atoms with Crippen molar-refractivity contribution in [3.8, 4) is 0 Å². The fourth-order valence-corrected chi connectivity index (χ4v) is 1.25. The monoisotopic (exact) mass is 160 g/mol. The number of hydrogen-bond donors (Lipinski definition) is 0. The Morgan fingerprint density at radius 1 is 1.60 bits per heavy atom. The number of rotatable bonds is 2. The van der Waals surface area contributed by atoms with Gasteiger partial charge in [0.1, 0.15) is 5.88 Å². The molecule has 0 bridgehead atoms. The highest BCUT2D eigenvalue weighted by atomic mass is 32.2. The summed E-state index contributed by atoms with van der Waals surface area (Å²) in [6, 6.07) is 1.69. The lowest BCUT2D eigenvalue weighted by Gasteiger charge is -1.95. The first-order valence-corrected chi connectivity index (χ1v) is 4.79. The van der Waals surface area contributed by atoms with Crippen LogP contribution in [0.25, 0.3) is 0 Å². The Kier molecular flexibility index (Phi) is 1.76. The van der Waals surface area contributed by atoms with Gasteiger partial charge in [-0.05, 0) is 6.07 Å². The largest absolute Gasteiger partial charge is 0.258 e. The van der Waals surface area contributed by atoms with E-state index in [1.165, 1.54) is 10.9 Å². The third-order valence-corrected chi connectivity index (χ3v) is 1.66. The molecule has 0 atom stereocenters. The van der Waals surface area contributed by atoms with Crippen LogP contribution >= 0.6 is 0 Å². The molecular weight excluding hydrogens is 152 g/mol. The molecule has 4 nitrogen and oxygen atoms in total. The van der Waals surface area contributed by atoms with Gasteiger partial charge in [0.15, 0.2) is 9.84 Å². The smallest absolute Gasteiger partial charge is 0.167 e. The zero-order valence-electron chi connectivity index (χ0n) is 5.56. The summed E-state index contributed by atoms with van der Waals surface area (Å²) in [5.41, 5.74) is 0. The van der Waals surface area contributed by atoms with Crippen LogP contribution in [-0.4, -0.2) is 24.5 Å². The van der Waals surface area contributed by atoms with Crippen molar-refractivity contribution >= 4 is 9.84 Å². The van der Waals surface area contributed by atoms with Crippen LogP contribution in [0.5, 0.6) is 0 Å². The van der Waals surface area contributed by atoms with Crippen LogP contribution in [0.4, 0.5) is 0 Å². The summed E-state index contributed by atoms with van der Waals surface area (Å²) in [5, 5.41) is 3.74. The third-order valence-electron chi connectivity index (χ3n) is 0.926. The van der Waals surface area contributed by atoms with Crippen molar-refractivity contribution in [1.82, 2.24) is 9.78 Å². The van der Waals surface area contributed by atoms with Gasteiger partial charge < -0.3 is 0 Å². The molecule has 0 unspecified atom stereocenters. The topological polar surface area (TPSA) is 52.0 Å². The minimum Gasteiger partial charge on any atom is -0.258 e. The maximum atomic E-state index is 10.6. The average molecular weight is 160 g/mol. The quantitative estimate of drug-likeness (QED) is 0.606. The molecule has 5 heteroatoms. The minimum atomic E-state index is -2.95. The van der Waals surface area contributed by atoms with Crippen molar-refractivity contribution in [3.63, 3.8) is 0 Å². The van der Waals surface area contributed by atoms with Crippen molar-refractivity contribution in [1.29, 1.82) is 0 Å². The van der Waals surface area contributed by atoms with Crippen LogP contribution < -0.4 is 0 Å².